The van der Waals surface area contributed by atoms with Crippen LogP contribution in [-0.2, 0) is 10.2 Å². The number of aromatic carboxylic acids is 1. The minimum Gasteiger partial charge on any atom is -0.478 e. The molecule has 1 amide bonds. The van der Waals surface area contributed by atoms with Crippen molar-refractivity contribution in [1.82, 2.24) is 4.90 Å². The summed E-state index contributed by atoms with van der Waals surface area (Å²) < 4.78 is 0. The molecular weight excluding hydrogens is 218 g/mol. The first-order chi connectivity index (χ1) is 8.13. The number of carboxylic acids is 1. The van der Waals surface area contributed by atoms with Crippen molar-refractivity contribution in [2.75, 3.05) is 13.1 Å². The maximum Gasteiger partial charge on any atom is 0.335 e. The normalized spacial score (nSPS) is 20.9. The van der Waals surface area contributed by atoms with Crippen LogP contribution in [0.4, 0.5) is 0 Å². The summed E-state index contributed by atoms with van der Waals surface area (Å²) in [6, 6.07) is 6.74. The fraction of sp³-hybridized carbons (Fsp3) is 0.385. The molecule has 0 atom stereocenters. The highest BCUT2D eigenvalue weighted by molar-refractivity contribution is 5.93. The Bertz CT molecular complexity index is 484. The molecular formula is C13H13NO3. The fourth-order valence-electron chi connectivity index (χ4n) is 2.95. The maximum atomic E-state index is 12.1. The van der Waals surface area contributed by atoms with Crippen molar-refractivity contribution in [2.45, 2.75) is 18.3 Å². The number of carbonyl (C=O) groups excluding carboxylic acids is 1. The van der Waals surface area contributed by atoms with Crippen LogP contribution in [0.2, 0.25) is 0 Å². The van der Waals surface area contributed by atoms with Gasteiger partial charge >= 0.3 is 5.97 Å². The van der Waals surface area contributed by atoms with Crippen LogP contribution in [0.5, 0.6) is 0 Å². The number of carboxylic acid groups (broad SMARTS) is 1. The molecule has 2 aliphatic heterocycles. The van der Waals surface area contributed by atoms with E-state index in [2.05, 4.69) is 0 Å². The number of fused-ring (bicyclic) bond motifs is 2. The molecule has 2 aliphatic rings. The molecule has 2 bridgehead atoms. The van der Waals surface area contributed by atoms with Gasteiger partial charge in [0.1, 0.15) is 0 Å². The lowest BCUT2D eigenvalue weighted by Gasteiger charge is -2.23. The van der Waals surface area contributed by atoms with Gasteiger partial charge in [-0.05, 0) is 30.5 Å². The summed E-state index contributed by atoms with van der Waals surface area (Å²) in [5, 5.41) is 8.85. The highest BCUT2D eigenvalue weighted by atomic mass is 16.4. The average molecular weight is 231 g/mol. The zero-order valence-electron chi connectivity index (χ0n) is 9.35. The third kappa shape index (κ3) is 1.30. The van der Waals surface area contributed by atoms with Crippen LogP contribution in [-0.4, -0.2) is 35.0 Å². The molecule has 0 aliphatic carbocycles. The van der Waals surface area contributed by atoms with Gasteiger partial charge in [-0.3, -0.25) is 4.79 Å². The van der Waals surface area contributed by atoms with Gasteiger partial charge in [0.15, 0.2) is 0 Å². The van der Waals surface area contributed by atoms with Crippen molar-refractivity contribution in [3.8, 4) is 0 Å². The van der Waals surface area contributed by atoms with Gasteiger partial charge in [0.2, 0.25) is 5.91 Å². The van der Waals surface area contributed by atoms with Crippen molar-refractivity contribution in [3.63, 3.8) is 0 Å². The second kappa shape index (κ2) is 3.32. The molecule has 4 heteroatoms. The molecule has 0 radical (unpaired) electrons. The van der Waals surface area contributed by atoms with Gasteiger partial charge in [0.25, 0.3) is 0 Å². The van der Waals surface area contributed by atoms with Crippen LogP contribution in [0.15, 0.2) is 24.3 Å². The van der Waals surface area contributed by atoms with E-state index >= 15 is 0 Å². The van der Waals surface area contributed by atoms with Crippen LogP contribution >= 0.6 is 0 Å². The van der Waals surface area contributed by atoms with E-state index in [0.717, 1.165) is 31.5 Å². The number of carbonyl (C=O) groups is 2. The van der Waals surface area contributed by atoms with Gasteiger partial charge in [-0.25, -0.2) is 4.79 Å². The van der Waals surface area contributed by atoms with E-state index < -0.39 is 5.97 Å². The first-order valence-electron chi connectivity index (χ1n) is 5.77. The van der Waals surface area contributed by atoms with E-state index in [-0.39, 0.29) is 16.9 Å². The highest BCUT2D eigenvalue weighted by Crippen LogP contribution is 2.44. The first-order valence-corrected chi connectivity index (χ1v) is 5.77. The first kappa shape index (κ1) is 10.3. The number of benzene rings is 1. The molecule has 0 spiro atoms. The van der Waals surface area contributed by atoms with E-state index in [4.69, 9.17) is 5.11 Å². The van der Waals surface area contributed by atoms with Gasteiger partial charge in [0.05, 0.1) is 11.0 Å². The lowest BCUT2D eigenvalue weighted by molar-refractivity contribution is -0.128. The Morgan fingerprint density at radius 1 is 1.18 bits per heavy atom. The molecule has 1 aromatic rings. The molecule has 2 saturated heterocycles. The number of hydrogen-bond donors (Lipinski definition) is 1. The number of rotatable bonds is 2. The van der Waals surface area contributed by atoms with Gasteiger partial charge in [-0.15, -0.1) is 0 Å². The van der Waals surface area contributed by atoms with Crippen LogP contribution < -0.4 is 0 Å². The quantitative estimate of drug-likeness (QED) is 0.833. The molecule has 1 aromatic carbocycles. The molecule has 0 saturated carbocycles. The SMILES string of the molecule is O=C(O)c1ccc(C23CCN(CC2)C3=O)cc1. The minimum atomic E-state index is -0.931. The Morgan fingerprint density at radius 3 is 2.18 bits per heavy atom. The third-order valence-electron chi connectivity index (χ3n) is 4.00. The smallest absolute Gasteiger partial charge is 0.335 e. The van der Waals surface area contributed by atoms with Crippen molar-refractivity contribution in [2.24, 2.45) is 0 Å². The van der Waals surface area contributed by atoms with Crippen LogP contribution in [0, 0.1) is 0 Å². The summed E-state index contributed by atoms with van der Waals surface area (Å²) >= 11 is 0. The van der Waals surface area contributed by atoms with Crippen LogP contribution in [0.25, 0.3) is 0 Å². The van der Waals surface area contributed by atoms with Gasteiger partial charge in [0, 0.05) is 13.1 Å². The monoisotopic (exact) mass is 231 g/mol. The Hall–Kier alpha value is -1.84. The summed E-state index contributed by atoms with van der Waals surface area (Å²) in [6.45, 7) is 1.67. The van der Waals surface area contributed by atoms with E-state index in [1.165, 1.54) is 0 Å². The molecule has 2 heterocycles. The summed E-state index contributed by atoms with van der Waals surface area (Å²) in [6.07, 6.45) is 1.72. The van der Waals surface area contributed by atoms with Crippen molar-refractivity contribution >= 4 is 11.9 Å². The maximum absolute atomic E-state index is 12.1. The Kier molecular flexibility index (Phi) is 2.02. The average Bonchev–Trinajstić information content (AvgIpc) is 2.84. The van der Waals surface area contributed by atoms with Gasteiger partial charge < -0.3 is 10.0 Å². The van der Waals surface area contributed by atoms with E-state index in [9.17, 15) is 9.59 Å². The molecule has 1 N–H and O–H groups in total. The molecule has 2 fully saturated rings. The largest absolute Gasteiger partial charge is 0.478 e. The minimum absolute atomic E-state index is 0.209. The lowest BCUT2D eigenvalue weighted by Crippen LogP contribution is -2.28. The number of amides is 1. The summed E-state index contributed by atoms with van der Waals surface area (Å²) in [5.74, 6) is -0.722. The third-order valence-corrected chi connectivity index (χ3v) is 4.00. The Labute approximate surface area is 98.9 Å². The van der Waals surface area contributed by atoms with Gasteiger partial charge in [-0.2, -0.15) is 0 Å². The Morgan fingerprint density at radius 2 is 1.76 bits per heavy atom. The topological polar surface area (TPSA) is 57.6 Å². The lowest BCUT2D eigenvalue weighted by atomic mass is 9.77. The Balaban J connectivity index is 1.99. The highest BCUT2D eigenvalue weighted by Gasteiger charge is 2.52. The zero-order valence-corrected chi connectivity index (χ0v) is 9.35. The van der Waals surface area contributed by atoms with E-state index in [0.29, 0.717) is 0 Å². The summed E-state index contributed by atoms with van der Waals surface area (Å²) in [7, 11) is 0. The van der Waals surface area contributed by atoms with Crippen molar-refractivity contribution in [1.29, 1.82) is 0 Å². The molecule has 88 valence electrons. The van der Waals surface area contributed by atoms with Gasteiger partial charge in [-0.1, -0.05) is 12.1 Å². The zero-order chi connectivity index (χ0) is 12.0. The van der Waals surface area contributed by atoms with Crippen molar-refractivity contribution in [3.05, 3.63) is 35.4 Å². The summed E-state index contributed by atoms with van der Waals surface area (Å²) in [4.78, 5) is 24.8. The van der Waals surface area contributed by atoms with Crippen LogP contribution in [0.1, 0.15) is 28.8 Å². The number of piperidine rings is 1. The predicted molar refractivity (Wildman–Crippen MR) is 60.9 cm³/mol. The fourth-order valence-corrected chi connectivity index (χ4v) is 2.95. The van der Waals surface area contributed by atoms with Crippen molar-refractivity contribution < 1.29 is 14.7 Å². The molecule has 0 aromatic heterocycles. The second-order valence-corrected chi connectivity index (χ2v) is 4.76. The number of hydrogen-bond acceptors (Lipinski definition) is 2. The summed E-state index contributed by atoms with van der Waals surface area (Å²) in [5.41, 5.74) is 0.870. The molecule has 4 nitrogen and oxygen atoms in total. The molecule has 17 heavy (non-hydrogen) atoms. The van der Waals surface area contributed by atoms with E-state index in [1.54, 1.807) is 24.3 Å². The molecule has 3 rings (SSSR count). The standard InChI is InChI=1S/C13H13NO3/c15-11(16)9-1-3-10(4-2-9)13-5-7-14(8-6-13)12(13)17/h1-4H,5-8H2,(H,15,16). The molecule has 0 unspecified atom stereocenters. The van der Waals surface area contributed by atoms with Crippen LogP contribution in [0.3, 0.4) is 0 Å². The van der Waals surface area contributed by atoms with E-state index in [1.807, 2.05) is 4.90 Å². The number of nitrogens with zero attached hydrogens (tertiary/aromatic N) is 1. The second-order valence-electron chi connectivity index (χ2n) is 4.76. The predicted octanol–water partition coefficient (Wildman–Crippen LogP) is 1.26.